The van der Waals surface area contributed by atoms with Crippen LogP contribution in [0.1, 0.15) is 43.1 Å². The molecular formula is C31H33N5O6S2. The van der Waals surface area contributed by atoms with E-state index in [9.17, 15) is 22.8 Å². The molecule has 0 spiro atoms. The SMILES string of the molecule is CC(C)(C)OC(=O)NCc1cccc(-c2cccc(-c3csc(NC(=O)[C@@H]4CCN4C(=O)c4ccn(S(C)(=O)=O)c4)n3)c2)c1. The first-order chi connectivity index (χ1) is 20.8. The fourth-order valence-corrected chi connectivity index (χ4v) is 5.95. The molecule has 2 N–H and O–H groups in total. The van der Waals surface area contributed by atoms with Gasteiger partial charge in [0.1, 0.15) is 11.6 Å². The lowest BCUT2D eigenvalue weighted by molar-refractivity contribution is -0.123. The predicted octanol–water partition coefficient (Wildman–Crippen LogP) is 4.96. The van der Waals surface area contributed by atoms with Crippen LogP contribution in [-0.4, -0.2) is 64.6 Å². The third-order valence-electron chi connectivity index (χ3n) is 6.87. The molecule has 3 heterocycles. The summed E-state index contributed by atoms with van der Waals surface area (Å²) in [7, 11) is -3.51. The van der Waals surface area contributed by atoms with Gasteiger partial charge >= 0.3 is 6.09 Å². The third kappa shape index (κ3) is 7.34. The topological polar surface area (TPSA) is 140 Å². The van der Waals surface area contributed by atoms with Gasteiger partial charge in [0, 0.05) is 36.4 Å². The summed E-state index contributed by atoms with van der Waals surface area (Å²) in [5, 5.41) is 7.86. The van der Waals surface area contributed by atoms with E-state index in [1.165, 1.54) is 34.7 Å². The monoisotopic (exact) mass is 635 g/mol. The fourth-order valence-electron chi connectivity index (χ4n) is 4.64. The lowest BCUT2D eigenvalue weighted by Gasteiger charge is -2.39. The lowest BCUT2D eigenvalue weighted by atomic mass is 10.0. The first kappa shape index (κ1) is 31.0. The molecule has 0 radical (unpaired) electrons. The van der Waals surface area contributed by atoms with E-state index in [1.54, 1.807) is 0 Å². The number of benzene rings is 2. The average Bonchev–Trinajstić information content (AvgIpc) is 3.61. The minimum Gasteiger partial charge on any atom is -0.444 e. The Morgan fingerprint density at radius 1 is 1.05 bits per heavy atom. The normalized spacial score (nSPS) is 14.9. The van der Waals surface area contributed by atoms with Crippen LogP contribution in [0.3, 0.4) is 0 Å². The molecule has 0 bridgehead atoms. The number of anilines is 1. The predicted molar refractivity (Wildman–Crippen MR) is 169 cm³/mol. The Kier molecular flexibility index (Phi) is 8.62. The van der Waals surface area contributed by atoms with Crippen molar-refractivity contribution in [2.45, 2.75) is 45.4 Å². The van der Waals surface area contributed by atoms with Crippen molar-refractivity contribution in [1.82, 2.24) is 19.2 Å². The van der Waals surface area contributed by atoms with Crippen molar-refractivity contribution < 1.29 is 27.5 Å². The van der Waals surface area contributed by atoms with Gasteiger partial charge in [-0.15, -0.1) is 11.3 Å². The molecule has 230 valence electrons. The van der Waals surface area contributed by atoms with Gasteiger partial charge in [-0.1, -0.05) is 36.4 Å². The summed E-state index contributed by atoms with van der Waals surface area (Å²) in [5.41, 5.74) is 4.06. The number of carbonyl (C=O) groups excluding carboxylic acids is 3. The van der Waals surface area contributed by atoms with E-state index < -0.39 is 33.7 Å². The molecule has 1 aliphatic heterocycles. The molecule has 11 nitrogen and oxygen atoms in total. The summed E-state index contributed by atoms with van der Waals surface area (Å²) in [5.74, 6) is -0.751. The number of amides is 3. The molecule has 0 unspecified atom stereocenters. The fraction of sp³-hybridized carbons (Fsp3) is 0.290. The second-order valence-electron chi connectivity index (χ2n) is 11.5. The van der Waals surface area contributed by atoms with Gasteiger partial charge in [0.15, 0.2) is 5.13 Å². The zero-order chi connectivity index (χ0) is 31.6. The highest BCUT2D eigenvalue weighted by Gasteiger charge is 2.38. The average molecular weight is 636 g/mol. The highest BCUT2D eigenvalue weighted by Crippen LogP contribution is 2.30. The van der Waals surface area contributed by atoms with Gasteiger partial charge < -0.3 is 20.3 Å². The number of nitrogens with zero attached hydrogens (tertiary/aromatic N) is 3. The molecule has 2 aromatic heterocycles. The van der Waals surface area contributed by atoms with Crippen molar-refractivity contribution in [1.29, 1.82) is 0 Å². The van der Waals surface area contributed by atoms with Gasteiger partial charge in [0.05, 0.1) is 17.5 Å². The Morgan fingerprint density at radius 2 is 1.75 bits per heavy atom. The van der Waals surface area contributed by atoms with E-state index >= 15 is 0 Å². The highest BCUT2D eigenvalue weighted by molar-refractivity contribution is 7.89. The lowest BCUT2D eigenvalue weighted by Crippen LogP contribution is -2.56. The van der Waals surface area contributed by atoms with E-state index in [2.05, 4.69) is 15.6 Å². The second-order valence-corrected chi connectivity index (χ2v) is 14.2. The van der Waals surface area contributed by atoms with Crippen LogP contribution in [0.15, 0.2) is 72.4 Å². The molecule has 0 aliphatic carbocycles. The number of ether oxygens (including phenoxy) is 1. The van der Waals surface area contributed by atoms with Crippen molar-refractivity contribution in [2.24, 2.45) is 0 Å². The van der Waals surface area contributed by atoms with Crippen LogP contribution in [0.2, 0.25) is 0 Å². The van der Waals surface area contributed by atoms with Crippen LogP contribution in [0.25, 0.3) is 22.4 Å². The molecule has 1 saturated heterocycles. The van der Waals surface area contributed by atoms with Gasteiger partial charge in [0.25, 0.3) is 5.91 Å². The number of carbonyl (C=O) groups is 3. The standard InChI is InChI=1S/C31H33N5O6S2/c1-31(2,3)42-30(39)32-17-20-7-5-8-21(15-20)22-9-6-10-23(16-22)25-19-43-29(33-25)34-27(37)26-12-14-36(26)28(38)24-11-13-35(18-24)44(4,40)41/h5-11,13,15-16,18-19,26H,12,14,17H2,1-4H3,(H,32,39)(H,33,34,37)/t26-/m0/s1. The van der Waals surface area contributed by atoms with Crippen LogP contribution < -0.4 is 10.6 Å². The molecule has 3 amide bonds. The van der Waals surface area contributed by atoms with E-state index in [0.717, 1.165) is 32.5 Å². The molecule has 1 fully saturated rings. The Morgan fingerprint density at radius 3 is 2.41 bits per heavy atom. The molecule has 1 aliphatic rings. The van der Waals surface area contributed by atoms with Gasteiger partial charge in [-0.2, -0.15) is 0 Å². The molecule has 2 aromatic carbocycles. The van der Waals surface area contributed by atoms with E-state index in [1.807, 2.05) is 74.7 Å². The van der Waals surface area contributed by atoms with Crippen LogP contribution >= 0.6 is 11.3 Å². The van der Waals surface area contributed by atoms with E-state index in [0.29, 0.717) is 30.3 Å². The summed E-state index contributed by atoms with van der Waals surface area (Å²) >= 11 is 1.29. The van der Waals surface area contributed by atoms with Gasteiger partial charge in [-0.3, -0.25) is 13.6 Å². The van der Waals surface area contributed by atoms with Gasteiger partial charge in [-0.25, -0.2) is 18.2 Å². The summed E-state index contributed by atoms with van der Waals surface area (Å²) < 4.78 is 29.8. The van der Waals surface area contributed by atoms with Crippen molar-refractivity contribution in [3.63, 3.8) is 0 Å². The molecule has 4 aromatic rings. The van der Waals surface area contributed by atoms with Crippen LogP contribution in [-0.2, 0) is 26.1 Å². The third-order valence-corrected chi connectivity index (χ3v) is 8.62. The Bertz CT molecular complexity index is 1820. The van der Waals surface area contributed by atoms with E-state index in [-0.39, 0.29) is 11.5 Å². The molecule has 44 heavy (non-hydrogen) atoms. The second kappa shape index (κ2) is 12.2. The number of thiazole rings is 1. The van der Waals surface area contributed by atoms with Gasteiger partial charge in [-0.05, 0) is 62.1 Å². The maximum absolute atomic E-state index is 13.0. The number of likely N-dealkylation sites (tertiary alicyclic amines) is 1. The Balaban J connectivity index is 1.22. The molecule has 13 heteroatoms. The minimum absolute atomic E-state index is 0.203. The van der Waals surface area contributed by atoms with Crippen LogP contribution in [0.5, 0.6) is 0 Å². The molecular weight excluding hydrogens is 603 g/mol. The van der Waals surface area contributed by atoms with Crippen molar-refractivity contribution in [3.8, 4) is 22.4 Å². The summed E-state index contributed by atoms with van der Waals surface area (Å²) in [6.07, 6.45) is 3.63. The first-order valence-electron chi connectivity index (χ1n) is 13.9. The summed E-state index contributed by atoms with van der Waals surface area (Å²) in [6.45, 7) is 6.17. The number of hydrogen-bond donors (Lipinski definition) is 2. The molecule has 5 rings (SSSR count). The smallest absolute Gasteiger partial charge is 0.407 e. The maximum atomic E-state index is 13.0. The number of nitrogens with one attached hydrogen (secondary N) is 2. The van der Waals surface area contributed by atoms with Crippen LogP contribution in [0, 0.1) is 0 Å². The van der Waals surface area contributed by atoms with Crippen molar-refractivity contribution in [2.75, 3.05) is 18.1 Å². The maximum Gasteiger partial charge on any atom is 0.407 e. The Labute approximate surface area is 259 Å². The zero-order valence-electron chi connectivity index (χ0n) is 24.7. The quantitative estimate of drug-likeness (QED) is 0.279. The van der Waals surface area contributed by atoms with Gasteiger partial charge in [0.2, 0.25) is 15.9 Å². The number of rotatable bonds is 8. The molecule has 0 saturated carbocycles. The number of hydrogen-bond acceptors (Lipinski definition) is 8. The number of aromatic nitrogens is 2. The molecule has 1 atom stereocenters. The van der Waals surface area contributed by atoms with Crippen molar-refractivity contribution in [3.05, 3.63) is 83.5 Å². The minimum atomic E-state index is -3.51. The van der Waals surface area contributed by atoms with E-state index in [4.69, 9.17) is 4.74 Å². The van der Waals surface area contributed by atoms with Crippen molar-refractivity contribution >= 4 is 44.4 Å². The summed E-state index contributed by atoms with van der Waals surface area (Å²) in [6, 6.07) is 16.5. The highest BCUT2D eigenvalue weighted by atomic mass is 32.2. The Hall–Kier alpha value is -4.49. The first-order valence-corrected chi connectivity index (χ1v) is 16.6. The zero-order valence-corrected chi connectivity index (χ0v) is 26.4. The summed E-state index contributed by atoms with van der Waals surface area (Å²) in [4.78, 5) is 44.0. The van der Waals surface area contributed by atoms with Crippen LogP contribution in [0.4, 0.5) is 9.93 Å². The largest absolute Gasteiger partial charge is 0.444 e. The number of alkyl carbamates (subject to hydrolysis) is 1.